The van der Waals surface area contributed by atoms with Gasteiger partial charge in [-0.25, -0.2) is 9.59 Å². The molecule has 0 aromatic heterocycles. The maximum Gasteiger partial charge on any atom is 0.326 e. The van der Waals surface area contributed by atoms with Gasteiger partial charge in [0, 0.05) is 11.3 Å². The summed E-state index contributed by atoms with van der Waals surface area (Å²) in [4.78, 5) is 23.0. The van der Waals surface area contributed by atoms with Crippen molar-refractivity contribution in [2.24, 2.45) is 0 Å². The third-order valence-corrected chi connectivity index (χ3v) is 5.33. The van der Waals surface area contributed by atoms with E-state index in [-0.39, 0.29) is 12.1 Å². The number of aliphatic carboxylic acids is 1. The van der Waals surface area contributed by atoms with Gasteiger partial charge in [0.15, 0.2) is 0 Å². The first-order chi connectivity index (χ1) is 9.58. The lowest BCUT2D eigenvalue weighted by molar-refractivity contribution is -0.139. The molecule has 1 saturated carbocycles. The average Bonchev–Trinajstić information content (AvgIpc) is 2.82. The van der Waals surface area contributed by atoms with Gasteiger partial charge in [-0.3, -0.25) is 0 Å². The van der Waals surface area contributed by atoms with Crippen molar-refractivity contribution in [3.8, 4) is 0 Å². The molecule has 3 atom stereocenters. The van der Waals surface area contributed by atoms with E-state index in [4.69, 9.17) is 5.11 Å². The van der Waals surface area contributed by atoms with Crippen molar-refractivity contribution < 1.29 is 14.7 Å². The first-order valence-electron chi connectivity index (χ1n) is 6.98. The number of thioether (sulfide) groups is 2. The summed E-state index contributed by atoms with van der Waals surface area (Å²) in [6.45, 7) is 2.11. The Morgan fingerprint density at radius 1 is 1.40 bits per heavy atom. The van der Waals surface area contributed by atoms with Gasteiger partial charge in [0.25, 0.3) is 0 Å². The van der Waals surface area contributed by atoms with E-state index < -0.39 is 12.0 Å². The fourth-order valence-corrected chi connectivity index (χ4v) is 4.04. The zero-order valence-electron chi connectivity index (χ0n) is 12.1. The summed E-state index contributed by atoms with van der Waals surface area (Å²) in [6.07, 6.45) is 5.59. The largest absolute Gasteiger partial charge is 0.480 e. The molecule has 0 aromatic rings. The van der Waals surface area contributed by atoms with Gasteiger partial charge in [0.2, 0.25) is 0 Å². The van der Waals surface area contributed by atoms with Gasteiger partial charge in [-0.15, -0.1) is 0 Å². The van der Waals surface area contributed by atoms with Crippen LogP contribution in [0, 0.1) is 0 Å². The standard InChI is InChI=1S/C13H24N2O3S2/c1-3-20-11-6-4-5-9(11)14-13(18)15-10(12(16)17)7-8-19-2/h9-11H,3-8H2,1-2H3,(H,16,17)(H2,14,15,18)/t9?,10-,11?/m1/s1. The van der Waals surface area contributed by atoms with Crippen molar-refractivity contribution in [3.63, 3.8) is 0 Å². The molecule has 1 fully saturated rings. The van der Waals surface area contributed by atoms with Crippen LogP contribution in [0.3, 0.4) is 0 Å². The first-order valence-corrected chi connectivity index (χ1v) is 9.43. The Kier molecular flexibility index (Phi) is 8.21. The molecule has 1 rings (SSSR count). The minimum atomic E-state index is -0.972. The first kappa shape index (κ1) is 17.5. The second kappa shape index (κ2) is 9.39. The molecule has 2 unspecified atom stereocenters. The number of carboxylic acid groups (broad SMARTS) is 1. The number of carboxylic acids is 1. The van der Waals surface area contributed by atoms with Crippen molar-refractivity contribution >= 4 is 35.5 Å². The van der Waals surface area contributed by atoms with Crippen LogP contribution < -0.4 is 10.6 Å². The maximum absolute atomic E-state index is 11.9. The van der Waals surface area contributed by atoms with Crippen molar-refractivity contribution in [1.82, 2.24) is 10.6 Å². The van der Waals surface area contributed by atoms with Crippen molar-refractivity contribution in [2.75, 3.05) is 17.8 Å². The van der Waals surface area contributed by atoms with Crippen LogP contribution >= 0.6 is 23.5 Å². The highest BCUT2D eigenvalue weighted by Gasteiger charge is 2.29. The van der Waals surface area contributed by atoms with Gasteiger partial charge in [-0.05, 0) is 37.0 Å². The monoisotopic (exact) mass is 320 g/mol. The normalized spacial score (nSPS) is 23.3. The SMILES string of the molecule is CCSC1CCCC1NC(=O)N[C@H](CCSC)C(=O)O. The fraction of sp³-hybridized carbons (Fsp3) is 0.846. The molecule has 0 aromatic carbocycles. The minimum Gasteiger partial charge on any atom is -0.480 e. The van der Waals surface area contributed by atoms with E-state index in [1.54, 1.807) is 11.8 Å². The smallest absolute Gasteiger partial charge is 0.326 e. The molecule has 0 saturated heterocycles. The number of carbonyl (C=O) groups is 2. The number of amides is 2. The molecular formula is C13H24N2O3S2. The van der Waals surface area contributed by atoms with Crippen LogP contribution in [-0.2, 0) is 4.79 Å². The number of hydrogen-bond acceptors (Lipinski definition) is 4. The van der Waals surface area contributed by atoms with Crippen molar-refractivity contribution in [2.45, 2.75) is 49.9 Å². The molecule has 20 heavy (non-hydrogen) atoms. The molecule has 0 spiro atoms. The molecule has 5 nitrogen and oxygen atoms in total. The lowest BCUT2D eigenvalue weighted by Gasteiger charge is -2.22. The molecule has 1 aliphatic carbocycles. The molecule has 0 heterocycles. The summed E-state index contributed by atoms with van der Waals surface area (Å²) in [5, 5.41) is 15.1. The van der Waals surface area contributed by atoms with E-state index in [0.29, 0.717) is 11.7 Å². The molecule has 0 radical (unpaired) electrons. The number of hydrogen-bond donors (Lipinski definition) is 3. The quantitative estimate of drug-likeness (QED) is 0.639. The van der Waals surface area contributed by atoms with E-state index >= 15 is 0 Å². The average molecular weight is 320 g/mol. The van der Waals surface area contributed by atoms with Gasteiger partial charge in [-0.2, -0.15) is 23.5 Å². The van der Waals surface area contributed by atoms with Gasteiger partial charge < -0.3 is 15.7 Å². The Balaban J connectivity index is 2.42. The summed E-state index contributed by atoms with van der Waals surface area (Å²) in [7, 11) is 0. The lowest BCUT2D eigenvalue weighted by Crippen LogP contribution is -2.50. The predicted molar refractivity (Wildman–Crippen MR) is 85.6 cm³/mol. The molecule has 0 aliphatic heterocycles. The second-order valence-corrected chi connectivity index (χ2v) is 7.32. The number of carbonyl (C=O) groups excluding carboxylic acids is 1. The van der Waals surface area contributed by atoms with Crippen LogP contribution in [-0.4, -0.2) is 52.2 Å². The Bertz CT molecular complexity index is 329. The third kappa shape index (κ3) is 5.83. The van der Waals surface area contributed by atoms with Crippen LogP contribution in [0.25, 0.3) is 0 Å². The molecular weight excluding hydrogens is 296 g/mol. The molecule has 1 aliphatic rings. The van der Waals surface area contributed by atoms with E-state index in [1.165, 1.54) is 0 Å². The van der Waals surface area contributed by atoms with Crippen molar-refractivity contribution in [3.05, 3.63) is 0 Å². The topological polar surface area (TPSA) is 78.4 Å². The zero-order valence-corrected chi connectivity index (χ0v) is 13.7. The van der Waals surface area contributed by atoms with Crippen molar-refractivity contribution in [1.29, 1.82) is 0 Å². The van der Waals surface area contributed by atoms with Gasteiger partial charge in [0.05, 0.1) is 0 Å². The summed E-state index contributed by atoms with van der Waals surface area (Å²) < 4.78 is 0. The van der Waals surface area contributed by atoms with E-state index in [0.717, 1.165) is 30.8 Å². The Morgan fingerprint density at radius 2 is 2.15 bits per heavy atom. The van der Waals surface area contributed by atoms with Gasteiger partial charge >= 0.3 is 12.0 Å². The van der Waals surface area contributed by atoms with Gasteiger partial charge in [-0.1, -0.05) is 13.3 Å². The summed E-state index contributed by atoms with van der Waals surface area (Å²) in [5.41, 5.74) is 0. The third-order valence-electron chi connectivity index (χ3n) is 3.36. The highest BCUT2D eigenvalue weighted by Crippen LogP contribution is 2.29. The molecule has 3 N–H and O–H groups in total. The molecule has 7 heteroatoms. The Morgan fingerprint density at radius 3 is 2.75 bits per heavy atom. The van der Waals surface area contributed by atoms with Crippen LogP contribution in [0.1, 0.15) is 32.6 Å². The molecule has 0 bridgehead atoms. The summed E-state index contributed by atoms with van der Waals surface area (Å²) in [6, 6.07) is -0.997. The summed E-state index contributed by atoms with van der Waals surface area (Å²) in [5.74, 6) is 0.783. The highest BCUT2D eigenvalue weighted by atomic mass is 32.2. The molecule has 116 valence electrons. The van der Waals surface area contributed by atoms with E-state index in [9.17, 15) is 9.59 Å². The number of nitrogens with one attached hydrogen (secondary N) is 2. The van der Waals surface area contributed by atoms with Crippen LogP contribution in [0.5, 0.6) is 0 Å². The lowest BCUT2D eigenvalue weighted by atomic mass is 10.2. The summed E-state index contributed by atoms with van der Waals surface area (Å²) >= 11 is 3.44. The second-order valence-electron chi connectivity index (χ2n) is 4.82. The number of urea groups is 1. The number of rotatable bonds is 8. The van der Waals surface area contributed by atoms with E-state index in [2.05, 4.69) is 17.6 Å². The molecule has 2 amide bonds. The Hall–Kier alpha value is -0.560. The fourth-order valence-electron chi connectivity index (χ4n) is 2.37. The van der Waals surface area contributed by atoms with Gasteiger partial charge in [0.1, 0.15) is 6.04 Å². The van der Waals surface area contributed by atoms with E-state index in [1.807, 2.05) is 18.0 Å². The zero-order chi connectivity index (χ0) is 15.0. The van der Waals surface area contributed by atoms with Crippen LogP contribution in [0.15, 0.2) is 0 Å². The highest BCUT2D eigenvalue weighted by molar-refractivity contribution is 7.99. The van der Waals surface area contributed by atoms with Crippen LogP contribution in [0.2, 0.25) is 0 Å². The van der Waals surface area contributed by atoms with Crippen LogP contribution in [0.4, 0.5) is 4.79 Å². The predicted octanol–water partition coefficient (Wildman–Crippen LogP) is 2.17. The Labute approximate surface area is 129 Å². The maximum atomic E-state index is 11.9. The minimum absolute atomic E-state index is 0.162.